The van der Waals surface area contributed by atoms with Gasteiger partial charge in [-0.2, -0.15) is 0 Å². The highest BCUT2D eigenvalue weighted by atomic mass is 16.7. The van der Waals surface area contributed by atoms with E-state index in [1.165, 1.54) is 12.2 Å². The zero-order valence-electron chi connectivity index (χ0n) is 9.95. The monoisotopic (exact) mass is 276 g/mol. The molecule has 6 atom stereocenters. The number of ether oxygens (including phenoxy) is 3. The van der Waals surface area contributed by atoms with Crippen molar-refractivity contribution >= 4 is 5.97 Å². The number of cyclic esters (lactones) is 1. The molecular formula is C11H16O8. The number of hydrogen-bond acceptors (Lipinski definition) is 8. The molecule has 2 aliphatic rings. The van der Waals surface area contributed by atoms with E-state index in [-0.39, 0.29) is 6.61 Å². The molecule has 8 heteroatoms. The summed E-state index contributed by atoms with van der Waals surface area (Å²) in [5, 5.41) is 37.8. The Morgan fingerprint density at radius 1 is 1.21 bits per heavy atom. The van der Waals surface area contributed by atoms with E-state index in [1.807, 2.05) is 0 Å². The van der Waals surface area contributed by atoms with E-state index in [9.17, 15) is 20.1 Å². The molecule has 1 saturated heterocycles. The summed E-state index contributed by atoms with van der Waals surface area (Å²) in [5.41, 5.74) is 0. The molecule has 8 nitrogen and oxygen atoms in total. The highest BCUT2D eigenvalue weighted by molar-refractivity contribution is 5.84. The minimum atomic E-state index is -1.49. The van der Waals surface area contributed by atoms with Crippen molar-refractivity contribution in [2.24, 2.45) is 0 Å². The van der Waals surface area contributed by atoms with E-state index >= 15 is 0 Å². The van der Waals surface area contributed by atoms with Crippen molar-refractivity contribution in [2.45, 2.75) is 36.8 Å². The van der Waals surface area contributed by atoms with Gasteiger partial charge in [0.1, 0.15) is 30.5 Å². The first-order valence-electron chi connectivity index (χ1n) is 5.84. The van der Waals surface area contributed by atoms with Crippen LogP contribution in [0.5, 0.6) is 0 Å². The summed E-state index contributed by atoms with van der Waals surface area (Å²) in [6.45, 7) is -0.589. The number of esters is 1. The van der Waals surface area contributed by atoms with E-state index in [4.69, 9.17) is 19.3 Å². The first kappa shape index (κ1) is 14.4. The summed E-state index contributed by atoms with van der Waals surface area (Å²) in [7, 11) is 0. The van der Waals surface area contributed by atoms with E-state index < -0.39 is 49.4 Å². The second-order valence-corrected chi connectivity index (χ2v) is 4.37. The molecule has 1 unspecified atom stereocenters. The highest BCUT2D eigenvalue weighted by Gasteiger charge is 2.44. The third-order valence-electron chi connectivity index (χ3n) is 2.99. The SMILES string of the molecule is O=C1C=CC(CO[C@H]2O[C@H](CO)[C@@H](O)[C@@H](O)[C@H]2O)O1. The maximum Gasteiger partial charge on any atom is 0.331 e. The molecule has 1 fully saturated rings. The van der Waals surface area contributed by atoms with Crippen LogP contribution >= 0.6 is 0 Å². The smallest absolute Gasteiger partial charge is 0.331 e. The molecule has 0 radical (unpaired) electrons. The maximum absolute atomic E-state index is 10.8. The Morgan fingerprint density at radius 2 is 1.95 bits per heavy atom. The van der Waals surface area contributed by atoms with E-state index in [0.29, 0.717) is 0 Å². The average Bonchev–Trinajstić information content (AvgIpc) is 2.81. The number of aliphatic hydroxyl groups excluding tert-OH is 4. The van der Waals surface area contributed by atoms with E-state index in [0.717, 1.165) is 0 Å². The van der Waals surface area contributed by atoms with Gasteiger partial charge in [-0.05, 0) is 6.08 Å². The molecule has 19 heavy (non-hydrogen) atoms. The van der Waals surface area contributed by atoms with Gasteiger partial charge in [0.2, 0.25) is 0 Å². The fourth-order valence-electron chi connectivity index (χ4n) is 1.90. The van der Waals surface area contributed by atoms with Gasteiger partial charge in [-0.25, -0.2) is 4.79 Å². The van der Waals surface area contributed by atoms with Gasteiger partial charge in [-0.15, -0.1) is 0 Å². The van der Waals surface area contributed by atoms with Crippen molar-refractivity contribution in [3.63, 3.8) is 0 Å². The lowest BCUT2D eigenvalue weighted by atomic mass is 9.99. The third-order valence-corrected chi connectivity index (χ3v) is 2.99. The summed E-state index contributed by atoms with van der Waals surface area (Å²) in [4.78, 5) is 10.8. The molecule has 0 amide bonds. The Hall–Kier alpha value is -1.03. The Labute approximate surface area is 108 Å². The van der Waals surface area contributed by atoms with Crippen molar-refractivity contribution in [2.75, 3.05) is 13.2 Å². The van der Waals surface area contributed by atoms with Crippen molar-refractivity contribution in [3.8, 4) is 0 Å². The first-order chi connectivity index (χ1) is 9.02. The molecule has 108 valence electrons. The van der Waals surface area contributed by atoms with Crippen LogP contribution in [0.1, 0.15) is 0 Å². The standard InChI is InChI=1S/C11H16O8/c12-3-6-8(14)9(15)10(16)11(19-6)17-4-5-1-2-7(13)18-5/h1-2,5-6,8-12,14-16H,3-4H2/t5?,6-,8-,9-,10-,11+/m1/s1. The van der Waals surface area contributed by atoms with Crippen molar-refractivity contribution < 1.29 is 39.4 Å². The van der Waals surface area contributed by atoms with Crippen molar-refractivity contribution in [1.29, 1.82) is 0 Å². The third kappa shape index (κ3) is 3.11. The van der Waals surface area contributed by atoms with Crippen LogP contribution in [-0.4, -0.2) is 76.4 Å². The topological polar surface area (TPSA) is 126 Å². The molecule has 0 aliphatic carbocycles. The number of aliphatic hydroxyl groups is 4. The summed E-state index contributed by atoms with van der Waals surface area (Å²) < 4.78 is 15.1. The van der Waals surface area contributed by atoms with Gasteiger partial charge in [0.25, 0.3) is 0 Å². The summed E-state index contributed by atoms with van der Waals surface area (Å²) in [6.07, 6.45) is -4.46. The molecule has 0 aromatic carbocycles. The van der Waals surface area contributed by atoms with Crippen LogP contribution in [0.15, 0.2) is 12.2 Å². The van der Waals surface area contributed by atoms with Crippen LogP contribution in [0.2, 0.25) is 0 Å². The Bertz CT molecular complexity index is 355. The molecule has 0 saturated carbocycles. The second kappa shape index (κ2) is 5.95. The fraction of sp³-hybridized carbons (Fsp3) is 0.727. The van der Waals surface area contributed by atoms with Gasteiger partial charge < -0.3 is 34.6 Å². The molecule has 0 spiro atoms. The summed E-state index contributed by atoms with van der Waals surface area (Å²) >= 11 is 0. The number of carbonyl (C=O) groups is 1. The van der Waals surface area contributed by atoms with Gasteiger partial charge in [-0.1, -0.05) is 0 Å². The van der Waals surface area contributed by atoms with Crippen LogP contribution in [0.4, 0.5) is 0 Å². The quantitative estimate of drug-likeness (QED) is 0.408. The second-order valence-electron chi connectivity index (χ2n) is 4.37. The van der Waals surface area contributed by atoms with Crippen LogP contribution < -0.4 is 0 Å². The van der Waals surface area contributed by atoms with Crippen LogP contribution in [0.25, 0.3) is 0 Å². The normalized spacial score (nSPS) is 42.4. The maximum atomic E-state index is 10.8. The molecular weight excluding hydrogens is 260 g/mol. The van der Waals surface area contributed by atoms with Gasteiger partial charge in [0.05, 0.1) is 13.2 Å². The minimum absolute atomic E-state index is 0.0646. The van der Waals surface area contributed by atoms with Gasteiger partial charge in [0, 0.05) is 6.08 Å². The first-order valence-corrected chi connectivity index (χ1v) is 5.84. The van der Waals surface area contributed by atoms with Gasteiger partial charge >= 0.3 is 5.97 Å². The molecule has 2 aliphatic heterocycles. The van der Waals surface area contributed by atoms with E-state index in [2.05, 4.69) is 0 Å². The summed E-state index contributed by atoms with van der Waals surface area (Å²) in [5.74, 6) is -0.484. The number of rotatable bonds is 4. The zero-order valence-corrected chi connectivity index (χ0v) is 9.95. The minimum Gasteiger partial charge on any atom is -0.452 e. The van der Waals surface area contributed by atoms with Crippen LogP contribution in [-0.2, 0) is 19.0 Å². The molecule has 2 heterocycles. The average molecular weight is 276 g/mol. The largest absolute Gasteiger partial charge is 0.452 e. The Balaban J connectivity index is 1.88. The molecule has 0 aromatic heterocycles. The Morgan fingerprint density at radius 3 is 2.53 bits per heavy atom. The van der Waals surface area contributed by atoms with Gasteiger partial charge in [0.15, 0.2) is 6.29 Å². The Kier molecular flexibility index (Phi) is 4.50. The molecule has 4 N–H and O–H groups in total. The fourth-order valence-corrected chi connectivity index (χ4v) is 1.90. The lowest BCUT2D eigenvalue weighted by Crippen LogP contribution is -2.59. The lowest BCUT2D eigenvalue weighted by molar-refractivity contribution is -0.303. The summed E-state index contributed by atoms with van der Waals surface area (Å²) in [6, 6.07) is 0. The highest BCUT2D eigenvalue weighted by Crippen LogP contribution is 2.22. The number of hydrogen-bond donors (Lipinski definition) is 4. The lowest BCUT2D eigenvalue weighted by Gasteiger charge is -2.39. The van der Waals surface area contributed by atoms with Crippen molar-refractivity contribution in [1.82, 2.24) is 0 Å². The predicted octanol–water partition coefficient (Wildman–Crippen LogP) is -2.72. The van der Waals surface area contributed by atoms with Crippen molar-refractivity contribution in [3.05, 3.63) is 12.2 Å². The molecule has 0 bridgehead atoms. The molecule has 0 aromatic rings. The van der Waals surface area contributed by atoms with E-state index in [1.54, 1.807) is 0 Å². The van der Waals surface area contributed by atoms with Gasteiger partial charge in [-0.3, -0.25) is 0 Å². The predicted molar refractivity (Wildman–Crippen MR) is 58.7 cm³/mol. The zero-order chi connectivity index (χ0) is 14.0. The van der Waals surface area contributed by atoms with Crippen LogP contribution in [0.3, 0.4) is 0 Å². The van der Waals surface area contributed by atoms with Crippen LogP contribution in [0, 0.1) is 0 Å². The number of carbonyl (C=O) groups excluding carboxylic acids is 1. The molecule has 2 rings (SSSR count).